The van der Waals surface area contributed by atoms with E-state index in [0.29, 0.717) is 25.9 Å². The summed E-state index contributed by atoms with van der Waals surface area (Å²) in [5.41, 5.74) is -0.435. The van der Waals surface area contributed by atoms with Crippen molar-refractivity contribution in [1.29, 1.82) is 0 Å². The Kier molecular flexibility index (Phi) is 10.4. The van der Waals surface area contributed by atoms with Gasteiger partial charge in [0.25, 0.3) is 0 Å². The van der Waals surface area contributed by atoms with E-state index in [1.807, 2.05) is 0 Å². The number of benzene rings is 3. The normalized spacial score (nSPS) is 22.7. The van der Waals surface area contributed by atoms with Crippen molar-refractivity contribution in [3.8, 4) is 0 Å². The molecule has 0 radical (unpaired) electrons. The Balaban J connectivity index is 1.44. The minimum absolute atomic E-state index is 0.0431. The Morgan fingerprint density at radius 2 is 1.66 bits per heavy atom. The standard InChI is InChI=1S/C32H35F5N4O5S/c33-22-12-8-20(9-13-22)28(19-6-10-21(11-7-19)32(35,36)37)29(40-31(43)44)30(42)39-27-5-1-4-26(34)25(27)15-14-24-17-38-23-3-2-16-47(45,46)41(24)18-23/h1,4-13,23-24,28-29,38,40,45-46H,2-3,14-18H2,(H,39,42)(H,43,44)/t23?,24?,28-,29+/m1/s1. The van der Waals surface area contributed by atoms with E-state index in [1.54, 1.807) is 4.31 Å². The molecule has 5 rings (SSSR count). The number of anilines is 1. The van der Waals surface area contributed by atoms with Crippen LogP contribution in [0.2, 0.25) is 0 Å². The van der Waals surface area contributed by atoms with Gasteiger partial charge in [0, 0.05) is 42.3 Å². The minimum atomic E-state index is -4.65. The van der Waals surface area contributed by atoms with Gasteiger partial charge >= 0.3 is 12.3 Å². The first kappa shape index (κ1) is 34.6. The molecule has 3 aromatic rings. The van der Waals surface area contributed by atoms with Crippen LogP contribution < -0.4 is 16.0 Å². The predicted molar refractivity (Wildman–Crippen MR) is 167 cm³/mol. The van der Waals surface area contributed by atoms with Gasteiger partial charge in [-0.1, -0.05) is 30.3 Å². The largest absolute Gasteiger partial charge is 0.465 e. The predicted octanol–water partition coefficient (Wildman–Crippen LogP) is 6.42. The number of nitrogens with one attached hydrogen (secondary N) is 3. The molecule has 5 atom stereocenters. The number of alkyl halides is 3. The molecule has 0 aromatic heterocycles. The lowest BCUT2D eigenvalue weighted by atomic mass is 9.84. The molecule has 2 fully saturated rings. The Labute approximate surface area is 269 Å². The number of hydrogen-bond acceptors (Lipinski definition) is 6. The van der Waals surface area contributed by atoms with E-state index in [4.69, 9.17) is 0 Å². The third kappa shape index (κ3) is 8.22. The van der Waals surface area contributed by atoms with Crippen molar-refractivity contribution in [2.75, 3.05) is 24.2 Å². The van der Waals surface area contributed by atoms with Crippen LogP contribution in [0.4, 0.5) is 32.4 Å². The summed E-state index contributed by atoms with van der Waals surface area (Å²) in [6.45, 7) is 0.888. The number of nitrogens with zero attached hydrogens (tertiary/aromatic N) is 1. The molecule has 254 valence electrons. The third-order valence-electron chi connectivity index (χ3n) is 8.62. The average molecular weight is 683 g/mol. The van der Waals surface area contributed by atoms with Crippen molar-refractivity contribution in [2.45, 2.75) is 55.9 Å². The Bertz CT molecular complexity index is 1580. The van der Waals surface area contributed by atoms with Crippen molar-refractivity contribution < 1.29 is 45.8 Å². The van der Waals surface area contributed by atoms with E-state index < -0.39 is 58.1 Å². The number of carboxylic acid groups (broad SMARTS) is 1. The van der Waals surface area contributed by atoms with Crippen molar-refractivity contribution in [3.05, 3.63) is 101 Å². The highest BCUT2D eigenvalue weighted by Gasteiger charge is 2.39. The summed E-state index contributed by atoms with van der Waals surface area (Å²) in [4.78, 5) is 25.8. The number of piperazine rings is 1. The molecule has 47 heavy (non-hydrogen) atoms. The molecule has 3 aromatic carbocycles. The van der Waals surface area contributed by atoms with Crippen molar-refractivity contribution in [3.63, 3.8) is 0 Å². The highest BCUT2D eigenvalue weighted by Crippen LogP contribution is 2.49. The first-order valence-corrected chi connectivity index (χ1v) is 16.7. The van der Waals surface area contributed by atoms with Gasteiger partial charge in [0.05, 0.1) is 11.3 Å². The summed E-state index contributed by atoms with van der Waals surface area (Å²) in [6.07, 6.45) is -4.40. The smallest absolute Gasteiger partial charge is 0.416 e. The van der Waals surface area contributed by atoms with Crippen molar-refractivity contribution in [1.82, 2.24) is 14.9 Å². The van der Waals surface area contributed by atoms with Crippen molar-refractivity contribution in [2.24, 2.45) is 0 Å². The topological polar surface area (TPSA) is 134 Å². The molecule has 2 aliphatic heterocycles. The molecule has 0 saturated carbocycles. The molecule has 0 spiro atoms. The maximum Gasteiger partial charge on any atom is 0.416 e. The van der Waals surface area contributed by atoms with Crippen LogP contribution in [0.5, 0.6) is 0 Å². The molecular formula is C32H35F5N4O5S. The molecule has 3 unspecified atom stereocenters. The van der Waals surface area contributed by atoms with Gasteiger partial charge in [0.2, 0.25) is 5.91 Å². The van der Waals surface area contributed by atoms with Gasteiger partial charge in [-0.05, 0) is 73.2 Å². The molecule has 2 bridgehead atoms. The molecule has 2 heterocycles. The quantitative estimate of drug-likeness (QED) is 0.143. The Morgan fingerprint density at radius 3 is 2.30 bits per heavy atom. The van der Waals surface area contributed by atoms with E-state index in [2.05, 4.69) is 16.0 Å². The van der Waals surface area contributed by atoms with Gasteiger partial charge in [-0.2, -0.15) is 13.2 Å². The van der Waals surface area contributed by atoms with Gasteiger partial charge in [0.1, 0.15) is 17.7 Å². The van der Waals surface area contributed by atoms with Crippen LogP contribution in [0.1, 0.15) is 47.4 Å². The average Bonchev–Trinajstić information content (AvgIpc) is 3.12. The van der Waals surface area contributed by atoms with Gasteiger partial charge in [-0.3, -0.25) is 13.9 Å². The van der Waals surface area contributed by atoms with Crippen LogP contribution in [-0.4, -0.2) is 67.5 Å². The van der Waals surface area contributed by atoms with Crippen LogP contribution in [0.3, 0.4) is 0 Å². The summed E-state index contributed by atoms with van der Waals surface area (Å²) < 4.78 is 92.3. The lowest BCUT2D eigenvalue weighted by Gasteiger charge is -2.49. The van der Waals surface area contributed by atoms with E-state index in [-0.39, 0.29) is 46.6 Å². The Hall–Kier alpha value is -3.76. The monoisotopic (exact) mass is 682 g/mol. The fourth-order valence-corrected chi connectivity index (χ4v) is 8.15. The van der Waals surface area contributed by atoms with Gasteiger partial charge in [-0.15, -0.1) is 10.8 Å². The molecular weight excluding hydrogens is 647 g/mol. The van der Waals surface area contributed by atoms with Crippen molar-refractivity contribution >= 4 is 28.5 Å². The Morgan fingerprint density at radius 1 is 1.00 bits per heavy atom. The van der Waals surface area contributed by atoms with Crippen LogP contribution in [-0.2, 0) is 17.4 Å². The number of halogens is 5. The number of hydrogen-bond donors (Lipinski definition) is 6. The van der Waals surface area contributed by atoms with Crippen LogP contribution in [0.15, 0.2) is 66.7 Å². The number of carbonyl (C=O) groups is 2. The molecule has 2 saturated heterocycles. The third-order valence-corrected chi connectivity index (χ3v) is 10.7. The zero-order valence-corrected chi connectivity index (χ0v) is 25.8. The number of amides is 2. The van der Waals surface area contributed by atoms with Crippen LogP contribution in [0.25, 0.3) is 0 Å². The molecule has 9 nitrogen and oxygen atoms in total. The maximum absolute atomic E-state index is 15.3. The number of rotatable bonds is 9. The second-order valence-corrected chi connectivity index (χ2v) is 13.8. The lowest BCUT2D eigenvalue weighted by molar-refractivity contribution is -0.137. The van der Waals surface area contributed by atoms with Crippen LogP contribution >= 0.6 is 10.8 Å². The van der Waals surface area contributed by atoms with Gasteiger partial charge in [0.15, 0.2) is 0 Å². The van der Waals surface area contributed by atoms with E-state index in [9.17, 15) is 41.4 Å². The van der Waals surface area contributed by atoms with E-state index in [1.165, 1.54) is 30.3 Å². The minimum Gasteiger partial charge on any atom is -0.465 e. The fourth-order valence-electron chi connectivity index (χ4n) is 6.28. The highest BCUT2D eigenvalue weighted by molar-refractivity contribution is 8.22. The van der Waals surface area contributed by atoms with Crippen LogP contribution in [0, 0.1) is 11.6 Å². The van der Waals surface area contributed by atoms with E-state index in [0.717, 1.165) is 42.8 Å². The summed E-state index contributed by atoms with van der Waals surface area (Å²) >= 11 is 0. The second kappa shape index (κ2) is 14.2. The fraction of sp³-hybridized carbons (Fsp3) is 0.375. The summed E-state index contributed by atoms with van der Waals surface area (Å²) in [5, 5.41) is 17.8. The highest BCUT2D eigenvalue weighted by atomic mass is 32.3. The second-order valence-electron chi connectivity index (χ2n) is 11.7. The summed E-state index contributed by atoms with van der Waals surface area (Å²) in [5.74, 6) is -3.17. The first-order valence-electron chi connectivity index (χ1n) is 15.0. The molecule has 6 N–H and O–H groups in total. The lowest BCUT2D eigenvalue weighted by Crippen LogP contribution is -2.55. The molecule has 0 aliphatic carbocycles. The summed E-state index contributed by atoms with van der Waals surface area (Å²) in [7, 11) is -3.00. The van der Waals surface area contributed by atoms with E-state index >= 15 is 4.39 Å². The molecule has 15 heteroatoms. The molecule has 2 amide bonds. The van der Waals surface area contributed by atoms with Gasteiger partial charge in [-0.25, -0.2) is 17.9 Å². The zero-order valence-electron chi connectivity index (χ0n) is 25.0. The SMILES string of the molecule is O=C(O)N[C@H](C(=O)Nc1cccc(F)c1CCC1CNC2CCCS(O)(O)N1C2)[C@@H](c1ccc(F)cc1)c1ccc(C(F)(F)F)cc1. The number of fused-ring (bicyclic) bond motifs is 2. The number of carbonyl (C=O) groups excluding carboxylic acids is 1. The van der Waals surface area contributed by atoms with Gasteiger partial charge < -0.3 is 21.1 Å². The molecule has 2 aliphatic rings. The zero-order chi connectivity index (χ0) is 33.9. The summed E-state index contributed by atoms with van der Waals surface area (Å²) in [6, 6.07) is 10.7. The maximum atomic E-state index is 15.3. The first-order chi connectivity index (χ1) is 22.2.